The number of nitrogens with one attached hydrogen (secondary N) is 1. The molecule has 0 spiro atoms. The molecule has 0 aromatic heterocycles. The second kappa shape index (κ2) is 5.24. The van der Waals surface area contributed by atoms with E-state index in [-0.39, 0.29) is 5.91 Å². The Hall–Kier alpha value is -2.13. The lowest BCUT2D eigenvalue weighted by molar-refractivity contribution is 0.0806. The maximum absolute atomic E-state index is 12.4. The predicted molar refractivity (Wildman–Crippen MR) is 76.7 cm³/mol. The van der Waals surface area contributed by atoms with E-state index in [0.29, 0.717) is 0 Å². The minimum atomic E-state index is -0.0351. The molecule has 0 unspecified atom stereocenters. The van der Waals surface area contributed by atoms with E-state index in [1.165, 1.54) is 0 Å². The number of carbonyl (C=O) groups excluding carboxylic acids is 1. The SMILES string of the molecule is O=C(NN1CC=CCC1)c1cccc2ccccc12. The zero-order chi connectivity index (χ0) is 13.1. The van der Waals surface area contributed by atoms with Crippen molar-refractivity contribution in [1.82, 2.24) is 10.4 Å². The molecule has 1 aliphatic heterocycles. The summed E-state index contributed by atoms with van der Waals surface area (Å²) in [4.78, 5) is 12.4. The number of hydrogen-bond donors (Lipinski definition) is 1. The second-order valence-electron chi connectivity index (χ2n) is 4.67. The van der Waals surface area contributed by atoms with Gasteiger partial charge in [0.15, 0.2) is 0 Å². The van der Waals surface area contributed by atoms with Crippen LogP contribution in [-0.4, -0.2) is 24.0 Å². The highest BCUT2D eigenvalue weighted by molar-refractivity contribution is 6.06. The highest BCUT2D eigenvalue weighted by Crippen LogP contribution is 2.18. The van der Waals surface area contributed by atoms with Gasteiger partial charge in [0.25, 0.3) is 5.91 Å². The lowest BCUT2D eigenvalue weighted by Gasteiger charge is -2.23. The van der Waals surface area contributed by atoms with E-state index in [1.807, 2.05) is 47.5 Å². The van der Waals surface area contributed by atoms with E-state index in [4.69, 9.17) is 0 Å². The molecule has 19 heavy (non-hydrogen) atoms. The minimum Gasteiger partial charge on any atom is -0.284 e. The van der Waals surface area contributed by atoms with E-state index in [2.05, 4.69) is 17.6 Å². The highest BCUT2D eigenvalue weighted by atomic mass is 16.2. The summed E-state index contributed by atoms with van der Waals surface area (Å²) < 4.78 is 0. The normalized spacial score (nSPS) is 15.6. The van der Waals surface area contributed by atoms with Gasteiger partial charge < -0.3 is 0 Å². The Bertz CT molecular complexity index is 628. The summed E-state index contributed by atoms with van der Waals surface area (Å²) in [6.45, 7) is 1.64. The van der Waals surface area contributed by atoms with Gasteiger partial charge in [0.1, 0.15) is 0 Å². The van der Waals surface area contributed by atoms with Gasteiger partial charge in [0.05, 0.1) is 0 Å². The fourth-order valence-corrected chi connectivity index (χ4v) is 2.37. The number of nitrogens with zero attached hydrogens (tertiary/aromatic N) is 1. The predicted octanol–water partition coefficient (Wildman–Crippen LogP) is 2.75. The fraction of sp³-hybridized carbons (Fsp3) is 0.188. The molecule has 2 aromatic rings. The molecule has 1 amide bonds. The van der Waals surface area contributed by atoms with Gasteiger partial charge in [-0.15, -0.1) is 0 Å². The van der Waals surface area contributed by atoms with Crippen LogP contribution >= 0.6 is 0 Å². The molecule has 0 atom stereocenters. The molecule has 0 fully saturated rings. The van der Waals surface area contributed by atoms with Crippen LogP contribution in [0.3, 0.4) is 0 Å². The maximum Gasteiger partial charge on any atom is 0.266 e. The van der Waals surface area contributed by atoms with Crippen LogP contribution in [0.4, 0.5) is 0 Å². The fourth-order valence-electron chi connectivity index (χ4n) is 2.37. The molecule has 1 heterocycles. The van der Waals surface area contributed by atoms with E-state index < -0.39 is 0 Å². The van der Waals surface area contributed by atoms with E-state index in [0.717, 1.165) is 35.8 Å². The van der Waals surface area contributed by atoms with Gasteiger partial charge in [-0.05, 0) is 23.3 Å². The summed E-state index contributed by atoms with van der Waals surface area (Å²) in [6.07, 6.45) is 5.20. The Morgan fingerprint density at radius 1 is 1.05 bits per heavy atom. The topological polar surface area (TPSA) is 32.3 Å². The number of amides is 1. The molecule has 0 saturated heterocycles. The average molecular weight is 252 g/mol. The molecule has 1 N–H and O–H groups in total. The van der Waals surface area contributed by atoms with Crippen LogP contribution in [0.15, 0.2) is 54.6 Å². The number of benzene rings is 2. The Kier molecular flexibility index (Phi) is 3.29. The quantitative estimate of drug-likeness (QED) is 0.833. The van der Waals surface area contributed by atoms with Gasteiger partial charge in [-0.3, -0.25) is 10.2 Å². The monoisotopic (exact) mass is 252 g/mol. The summed E-state index contributed by atoms with van der Waals surface area (Å²) in [6, 6.07) is 13.8. The van der Waals surface area contributed by atoms with Crippen molar-refractivity contribution in [2.45, 2.75) is 6.42 Å². The first-order valence-electron chi connectivity index (χ1n) is 6.53. The van der Waals surface area contributed by atoms with Gasteiger partial charge >= 0.3 is 0 Å². The molecule has 0 saturated carbocycles. The molecule has 2 aromatic carbocycles. The van der Waals surface area contributed by atoms with E-state index in [9.17, 15) is 4.79 Å². The molecule has 3 rings (SSSR count). The largest absolute Gasteiger partial charge is 0.284 e. The van der Waals surface area contributed by atoms with Gasteiger partial charge in [-0.25, -0.2) is 5.01 Å². The lowest BCUT2D eigenvalue weighted by atomic mass is 10.0. The first-order chi connectivity index (χ1) is 9.34. The molecule has 0 radical (unpaired) electrons. The van der Waals surface area contributed by atoms with Crippen molar-refractivity contribution < 1.29 is 4.79 Å². The number of hydrogen-bond acceptors (Lipinski definition) is 2. The Morgan fingerprint density at radius 3 is 2.74 bits per heavy atom. The van der Waals surface area contributed by atoms with Crippen LogP contribution in [0.25, 0.3) is 10.8 Å². The summed E-state index contributed by atoms with van der Waals surface area (Å²) in [5.74, 6) is -0.0351. The maximum atomic E-state index is 12.4. The summed E-state index contributed by atoms with van der Waals surface area (Å²) in [5, 5.41) is 4.04. The van der Waals surface area contributed by atoms with Crippen LogP contribution in [-0.2, 0) is 0 Å². The second-order valence-corrected chi connectivity index (χ2v) is 4.67. The number of fused-ring (bicyclic) bond motifs is 1. The van der Waals surface area contributed by atoms with Crippen LogP contribution in [0, 0.1) is 0 Å². The third kappa shape index (κ3) is 2.51. The minimum absolute atomic E-state index is 0.0351. The summed E-state index contributed by atoms with van der Waals surface area (Å²) in [7, 11) is 0. The van der Waals surface area contributed by atoms with Crippen molar-refractivity contribution in [3.8, 4) is 0 Å². The molecule has 0 bridgehead atoms. The zero-order valence-electron chi connectivity index (χ0n) is 10.7. The van der Waals surface area contributed by atoms with Crippen molar-refractivity contribution in [1.29, 1.82) is 0 Å². The molecular formula is C16H16N2O. The molecule has 3 heteroatoms. The third-order valence-corrected chi connectivity index (χ3v) is 3.35. The molecule has 1 aliphatic rings. The first kappa shape index (κ1) is 11.9. The summed E-state index contributed by atoms with van der Waals surface area (Å²) in [5.41, 5.74) is 3.70. The molecule has 96 valence electrons. The van der Waals surface area contributed by atoms with Crippen LogP contribution in [0.2, 0.25) is 0 Å². The molecule has 3 nitrogen and oxygen atoms in total. The standard InChI is InChI=1S/C16H16N2O/c19-16(17-18-11-4-1-5-12-18)15-10-6-8-13-7-2-3-9-14(13)15/h1-4,6-10H,5,11-12H2,(H,17,19). The zero-order valence-corrected chi connectivity index (χ0v) is 10.7. The number of hydrazine groups is 1. The van der Waals surface area contributed by atoms with Gasteiger partial charge in [-0.2, -0.15) is 0 Å². The molecular weight excluding hydrogens is 236 g/mol. The molecule has 0 aliphatic carbocycles. The Balaban J connectivity index is 1.87. The van der Waals surface area contributed by atoms with Crippen molar-refractivity contribution in [2.24, 2.45) is 0 Å². The smallest absolute Gasteiger partial charge is 0.266 e. The van der Waals surface area contributed by atoms with E-state index >= 15 is 0 Å². The average Bonchev–Trinajstić information content (AvgIpc) is 2.47. The third-order valence-electron chi connectivity index (χ3n) is 3.35. The van der Waals surface area contributed by atoms with Gasteiger partial charge in [0.2, 0.25) is 0 Å². The first-order valence-corrected chi connectivity index (χ1v) is 6.53. The van der Waals surface area contributed by atoms with Crippen LogP contribution < -0.4 is 5.43 Å². The van der Waals surface area contributed by atoms with Crippen LogP contribution in [0.5, 0.6) is 0 Å². The number of rotatable bonds is 2. The van der Waals surface area contributed by atoms with Crippen molar-refractivity contribution in [2.75, 3.05) is 13.1 Å². The van der Waals surface area contributed by atoms with Gasteiger partial charge in [-0.1, -0.05) is 48.6 Å². The van der Waals surface area contributed by atoms with Crippen molar-refractivity contribution in [3.63, 3.8) is 0 Å². The summed E-state index contributed by atoms with van der Waals surface area (Å²) >= 11 is 0. The van der Waals surface area contributed by atoms with Gasteiger partial charge in [0, 0.05) is 18.7 Å². The van der Waals surface area contributed by atoms with Crippen molar-refractivity contribution in [3.05, 3.63) is 60.2 Å². The van der Waals surface area contributed by atoms with Crippen LogP contribution in [0.1, 0.15) is 16.8 Å². The van der Waals surface area contributed by atoms with Crippen molar-refractivity contribution >= 4 is 16.7 Å². The Labute approximate surface area is 112 Å². The Morgan fingerprint density at radius 2 is 1.89 bits per heavy atom. The lowest BCUT2D eigenvalue weighted by Crippen LogP contribution is -2.43. The number of carbonyl (C=O) groups is 1. The highest BCUT2D eigenvalue weighted by Gasteiger charge is 2.13. The van der Waals surface area contributed by atoms with E-state index in [1.54, 1.807) is 0 Å².